The van der Waals surface area contributed by atoms with E-state index in [2.05, 4.69) is 15.3 Å². The highest BCUT2D eigenvalue weighted by Crippen LogP contribution is 2.20. The summed E-state index contributed by atoms with van der Waals surface area (Å²) in [6.45, 7) is 1.58. The third-order valence-electron chi connectivity index (χ3n) is 5.02. The molecule has 0 bridgehead atoms. The molecule has 1 heterocycles. The lowest BCUT2D eigenvalue weighted by molar-refractivity contribution is -0.141. The molecular formula is C24H23N3O5. The van der Waals surface area contributed by atoms with Gasteiger partial charge in [0.25, 0.3) is 5.91 Å². The molecule has 0 aliphatic carbocycles. The van der Waals surface area contributed by atoms with Gasteiger partial charge in [-0.15, -0.1) is 0 Å². The lowest BCUT2D eigenvalue weighted by Gasteiger charge is -2.21. The minimum atomic E-state index is -1.34. The van der Waals surface area contributed by atoms with Gasteiger partial charge < -0.3 is 15.5 Å². The van der Waals surface area contributed by atoms with E-state index >= 15 is 0 Å². The van der Waals surface area contributed by atoms with Gasteiger partial charge in [-0.3, -0.25) is 9.59 Å². The van der Waals surface area contributed by atoms with Crippen molar-refractivity contribution >= 4 is 17.8 Å². The Balaban J connectivity index is 1.77. The van der Waals surface area contributed by atoms with Crippen molar-refractivity contribution in [1.29, 1.82) is 0 Å². The van der Waals surface area contributed by atoms with Crippen LogP contribution >= 0.6 is 0 Å². The molecule has 3 N–H and O–H groups in total. The highest BCUT2D eigenvalue weighted by atomic mass is 16.4. The van der Waals surface area contributed by atoms with Crippen LogP contribution < -0.4 is 5.32 Å². The Morgan fingerprint density at radius 3 is 2.22 bits per heavy atom. The first-order valence-corrected chi connectivity index (χ1v) is 10.1. The molecular weight excluding hydrogens is 410 g/mol. The maximum absolute atomic E-state index is 12.7. The molecule has 0 saturated carbocycles. The van der Waals surface area contributed by atoms with Gasteiger partial charge in [-0.2, -0.15) is 0 Å². The number of rotatable bonds is 9. The van der Waals surface area contributed by atoms with Crippen LogP contribution in [0.5, 0.6) is 0 Å². The lowest BCUT2D eigenvalue weighted by atomic mass is 9.95. The smallest absolute Gasteiger partial charge is 0.373 e. The molecule has 164 valence electrons. The lowest BCUT2D eigenvalue weighted by Crippen LogP contribution is -2.39. The van der Waals surface area contributed by atoms with E-state index in [9.17, 15) is 19.5 Å². The summed E-state index contributed by atoms with van der Waals surface area (Å²) in [4.78, 5) is 42.5. The van der Waals surface area contributed by atoms with Crippen LogP contribution in [0.1, 0.15) is 40.0 Å². The normalized spacial score (nSPS) is 12.5. The molecule has 8 nitrogen and oxygen atoms in total. The minimum absolute atomic E-state index is 0.0928. The van der Waals surface area contributed by atoms with Crippen molar-refractivity contribution in [2.45, 2.75) is 25.8 Å². The first-order chi connectivity index (χ1) is 15.3. The second-order valence-corrected chi connectivity index (χ2v) is 7.48. The average molecular weight is 433 g/mol. The van der Waals surface area contributed by atoms with Gasteiger partial charge in [-0.25, -0.2) is 14.8 Å². The molecule has 3 rings (SSSR count). The first kappa shape index (κ1) is 22.6. The summed E-state index contributed by atoms with van der Waals surface area (Å²) in [5, 5.41) is 21.1. The van der Waals surface area contributed by atoms with Crippen LogP contribution in [0.4, 0.5) is 0 Å². The summed E-state index contributed by atoms with van der Waals surface area (Å²) in [5.41, 5.74) is 2.98. The topological polar surface area (TPSA) is 129 Å². The summed E-state index contributed by atoms with van der Waals surface area (Å²) in [7, 11) is 0. The molecule has 0 aliphatic rings. The number of aromatic nitrogens is 2. The van der Waals surface area contributed by atoms with E-state index < -0.39 is 35.6 Å². The maximum Gasteiger partial charge on any atom is 0.373 e. The molecule has 1 amide bonds. The number of carbonyl (C=O) groups excluding carboxylic acids is 1. The number of benzene rings is 2. The third-order valence-corrected chi connectivity index (χ3v) is 5.02. The summed E-state index contributed by atoms with van der Waals surface area (Å²) in [6.07, 6.45) is 1.82. The number of carboxylic acid groups (broad SMARTS) is 2. The number of hydrogen-bond acceptors (Lipinski definition) is 5. The van der Waals surface area contributed by atoms with Crippen molar-refractivity contribution in [2.24, 2.45) is 5.92 Å². The molecule has 1 aromatic heterocycles. The zero-order valence-electron chi connectivity index (χ0n) is 17.4. The van der Waals surface area contributed by atoms with Gasteiger partial charge in [0.2, 0.25) is 5.82 Å². The van der Waals surface area contributed by atoms with Crippen LogP contribution in [0, 0.1) is 5.92 Å². The Morgan fingerprint density at radius 1 is 0.938 bits per heavy atom. The molecule has 2 aromatic carbocycles. The van der Waals surface area contributed by atoms with Crippen LogP contribution in [-0.4, -0.2) is 44.1 Å². The maximum atomic E-state index is 12.7. The van der Waals surface area contributed by atoms with Gasteiger partial charge in [-0.05, 0) is 35.6 Å². The van der Waals surface area contributed by atoms with Crippen molar-refractivity contribution < 1.29 is 24.6 Å². The quantitative estimate of drug-likeness (QED) is 0.472. The van der Waals surface area contributed by atoms with Gasteiger partial charge in [0.05, 0.1) is 5.92 Å². The van der Waals surface area contributed by atoms with Crippen LogP contribution in [0.25, 0.3) is 11.1 Å². The number of aliphatic carboxylic acids is 1. The number of nitrogens with one attached hydrogen (secondary N) is 1. The van der Waals surface area contributed by atoms with E-state index in [-0.39, 0.29) is 12.1 Å². The molecule has 0 aliphatic heterocycles. The Morgan fingerprint density at radius 2 is 1.59 bits per heavy atom. The molecule has 0 saturated heterocycles. The van der Waals surface area contributed by atoms with Gasteiger partial charge >= 0.3 is 11.9 Å². The van der Waals surface area contributed by atoms with Gasteiger partial charge in [0.15, 0.2) is 0 Å². The minimum Gasteiger partial charge on any atom is -0.481 e. The molecule has 3 aromatic rings. The number of carboxylic acids is 2. The number of nitrogens with zero attached hydrogens (tertiary/aromatic N) is 2. The van der Waals surface area contributed by atoms with Crippen molar-refractivity contribution in [3.8, 4) is 11.1 Å². The summed E-state index contributed by atoms with van der Waals surface area (Å²) < 4.78 is 0. The zero-order valence-corrected chi connectivity index (χ0v) is 17.4. The third kappa shape index (κ3) is 5.98. The monoisotopic (exact) mass is 433 g/mol. The summed E-state index contributed by atoms with van der Waals surface area (Å²) in [6, 6.07) is 18.6. The molecule has 0 spiro atoms. The molecule has 0 fully saturated rings. The van der Waals surface area contributed by atoms with E-state index in [1.165, 1.54) is 12.3 Å². The summed E-state index contributed by atoms with van der Waals surface area (Å²) in [5.74, 6) is -4.04. The Labute approximate surface area is 185 Å². The Bertz CT molecular complexity index is 1100. The van der Waals surface area contributed by atoms with Crippen molar-refractivity contribution in [3.63, 3.8) is 0 Å². The highest BCUT2D eigenvalue weighted by molar-refractivity contribution is 5.93. The number of hydrogen-bond donors (Lipinski definition) is 3. The molecule has 2 atom stereocenters. The second-order valence-electron chi connectivity index (χ2n) is 7.48. The van der Waals surface area contributed by atoms with E-state index in [4.69, 9.17) is 5.11 Å². The molecule has 0 radical (unpaired) electrons. The molecule has 8 heteroatoms. The number of carbonyl (C=O) groups is 3. The van der Waals surface area contributed by atoms with Crippen LogP contribution in [0.3, 0.4) is 0 Å². The van der Waals surface area contributed by atoms with E-state index in [1.807, 2.05) is 54.6 Å². The highest BCUT2D eigenvalue weighted by Gasteiger charge is 2.22. The van der Waals surface area contributed by atoms with Gasteiger partial charge in [0, 0.05) is 12.2 Å². The fraction of sp³-hybridized carbons (Fsp3) is 0.208. The zero-order chi connectivity index (χ0) is 23.1. The SMILES string of the molecule is C[C@H](CC(Cc1ccc(-c2ccccc2)cc1)NC(=O)c1ccnc(C(=O)O)n1)C(=O)O. The first-order valence-electron chi connectivity index (χ1n) is 10.1. The average Bonchev–Trinajstić information content (AvgIpc) is 2.80. The van der Waals surface area contributed by atoms with Crippen molar-refractivity contribution in [2.75, 3.05) is 0 Å². The fourth-order valence-corrected chi connectivity index (χ4v) is 3.32. The van der Waals surface area contributed by atoms with E-state index in [1.54, 1.807) is 6.92 Å². The Kier molecular flexibility index (Phi) is 7.28. The second kappa shape index (κ2) is 10.3. The standard InChI is InChI=1S/C24H23N3O5/c1-15(23(29)30)13-19(26-22(28)20-11-12-25-21(27-20)24(31)32)14-16-7-9-18(10-8-16)17-5-3-2-4-6-17/h2-12,15,19H,13-14H2,1H3,(H,26,28)(H,29,30)(H,31,32)/t15-,19?/m1/s1. The fourth-order valence-electron chi connectivity index (χ4n) is 3.32. The molecule has 1 unspecified atom stereocenters. The Hall–Kier alpha value is -4.07. The van der Waals surface area contributed by atoms with Crippen LogP contribution in [0.2, 0.25) is 0 Å². The van der Waals surface area contributed by atoms with Crippen LogP contribution in [-0.2, 0) is 11.2 Å². The number of aromatic carboxylic acids is 1. The molecule has 32 heavy (non-hydrogen) atoms. The predicted octanol–water partition coefficient (Wildman–Crippen LogP) is 3.29. The number of amides is 1. The predicted molar refractivity (Wildman–Crippen MR) is 117 cm³/mol. The largest absolute Gasteiger partial charge is 0.481 e. The van der Waals surface area contributed by atoms with Gasteiger partial charge in [-0.1, -0.05) is 61.5 Å². The van der Waals surface area contributed by atoms with Crippen LogP contribution in [0.15, 0.2) is 66.9 Å². The summed E-state index contributed by atoms with van der Waals surface area (Å²) >= 11 is 0. The van der Waals surface area contributed by atoms with E-state index in [0.717, 1.165) is 16.7 Å². The van der Waals surface area contributed by atoms with E-state index in [0.29, 0.717) is 6.42 Å². The van der Waals surface area contributed by atoms with Crippen molar-refractivity contribution in [3.05, 3.63) is 83.9 Å². The van der Waals surface area contributed by atoms with Gasteiger partial charge in [0.1, 0.15) is 5.69 Å². The van der Waals surface area contributed by atoms with Crippen molar-refractivity contribution in [1.82, 2.24) is 15.3 Å².